The molecular weight excluding hydrogens is 633 g/mol. The molecule has 0 bridgehead atoms. The van der Waals surface area contributed by atoms with Crippen LogP contribution in [-0.4, -0.2) is 0 Å². The highest BCUT2D eigenvalue weighted by Gasteiger charge is 2.44. The number of anilines is 6. The number of ether oxygens (including phenoxy) is 1. The van der Waals surface area contributed by atoms with E-state index >= 15 is 0 Å². The van der Waals surface area contributed by atoms with Crippen molar-refractivity contribution < 1.29 is 4.74 Å². The average Bonchev–Trinajstić information content (AvgIpc) is 3.40. The molecule has 0 fully saturated rings. The molecule has 0 spiro atoms. The van der Waals surface area contributed by atoms with Gasteiger partial charge in [0.15, 0.2) is 11.5 Å². The molecule has 2 heterocycles. The summed E-state index contributed by atoms with van der Waals surface area (Å²) in [4.78, 5) is 4.87. The van der Waals surface area contributed by atoms with Crippen LogP contribution in [0, 0.1) is 6.92 Å². The Bertz CT molecular complexity index is 2580. The molecule has 0 aromatic heterocycles. The van der Waals surface area contributed by atoms with Gasteiger partial charge >= 0.3 is 0 Å². The van der Waals surface area contributed by atoms with Crippen LogP contribution in [0.4, 0.5) is 34.1 Å². The third kappa shape index (κ3) is 4.26. The smallest absolute Gasteiger partial charge is 0.175 e. The van der Waals surface area contributed by atoms with E-state index in [2.05, 4.69) is 196 Å². The van der Waals surface area contributed by atoms with E-state index in [1.54, 1.807) is 0 Å². The van der Waals surface area contributed by atoms with Crippen molar-refractivity contribution in [3.63, 3.8) is 0 Å². The van der Waals surface area contributed by atoms with Gasteiger partial charge in [-0.05, 0) is 99.5 Å². The number of para-hydroxylation sites is 2. The average molecular weight is 673 g/mol. The van der Waals surface area contributed by atoms with Crippen molar-refractivity contribution in [3.8, 4) is 33.8 Å². The molecule has 0 saturated carbocycles. The first-order valence-electron chi connectivity index (χ1n) is 18.3. The fourth-order valence-corrected chi connectivity index (χ4v) is 9.08. The van der Waals surface area contributed by atoms with Crippen molar-refractivity contribution in [3.05, 3.63) is 179 Å². The molecule has 7 aromatic carbocycles. The van der Waals surface area contributed by atoms with Crippen LogP contribution in [0.5, 0.6) is 11.5 Å². The molecule has 0 atom stereocenters. The molecule has 3 heteroatoms. The van der Waals surface area contributed by atoms with E-state index in [9.17, 15) is 0 Å². The molecule has 7 aromatic rings. The molecule has 1 aliphatic carbocycles. The number of benzene rings is 7. The minimum atomic E-state index is -0.235. The Morgan fingerprint density at radius 1 is 0.500 bits per heavy atom. The largest absolute Gasteiger partial charge is 0.451 e. The fraction of sp³-hybridized carbons (Fsp3) is 0.143. The summed E-state index contributed by atoms with van der Waals surface area (Å²) < 4.78 is 7.18. The summed E-state index contributed by atoms with van der Waals surface area (Å²) in [6.07, 6.45) is 0. The first-order valence-corrected chi connectivity index (χ1v) is 18.3. The van der Waals surface area contributed by atoms with Gasteiger partial charge in [0, 0.05) is 22.2 Å². The van der Waals surface area contributed by atoms with Crippen molar-refractivity contribution in [1.29, 1.82) is 0 Å². The Labute approximate surface area is 306 Å². The molecule has 3 aliphatic rings. The molecule has 10 rings (SSSR count). The Morgan fingerprint density at radius 3 is 2.02 bits per heavy atom. The summed E-state index contributed by atoms with van der Waals surface area (Å²) in [6, 6.07) is 55.3. The highest BCUT2D eigenvalue weighted by atomic mass is 16.5. The first-order chi connectivity index (χ1) is 25.2. The van der Waals surface area contributed by atoms with Crippen LogP contribution in [0.2, 0.25) is 0 Å². The minimum absolute atomic E-state index is 0.138. The predicted octanol–water partition coefficient (Wildman–Crippen LogP) is 13.7. The van der Waals surface area contributed by atoms with Crippen LogP contribution in [-0.2, 0) is 10.8 Å². The quantitative estimate of drug-likeness (QED) is 0.185. The summed E-state index contributed by atoms with van der Waals surface area (Å²) in [7, 11) is 0. The van der Waals surface area contributed by atoms with Gasteiger partial charge < -0.3 is 14.5 Å². The van der Waals surface area contributed by atoms with Crippen LogP contribution in [0.15, 0.2) is 152 Å². The van der Waals surface area contributed by atoms with Crippen molar-refractivity contribution in [2.45, 2.75) is 45.4 Å². The lowest BCUT2D eigenvalue weighted by Gasteiger charge is -2.46. The second kappa shape index (κ2) is 11.0. The van der Waals surface area contributed by atoms with Crippen molar-refractivity contribution >= 4 is 34.1 Å². The summed E-state index contributed by atoms with van der Waals surface area (Å²) in [5.74, 6) is 1.73. The SMILES string of the molecule is Cc1cccc2c1N1c3ccccc3C(C)(C)c3ccc(N(c4cccc(-c5ccccc5)c4)c4ccc5c(c4)C(C)(C)c4ccccc4-5)c(c31)O2. The van der Waals surface area contributed by atoms with E-state index in [4.69, 9.17) is 4.74 Å². The van der Waals surface area contributed by atoms with Crippen LogP contribution >= 0.6 is 0 Å². The zero-order chi connectivity index (χ0) is 35.4. The highest BCUT2D eigenvalue weighted by molar-refractivity contribution is 5.99. The Morgan fingerprint density at radius 2 is 1.17 bits per heavy atom. The Balaban J connectivity index is 1.25. The molecule has 0 amide bonds. The zero-order valence-electron chi connectivity index (χ0n) is 30.2. The first kappa shape index (κ1) is 30.7. The standard InChI is InChI=1S/C49H40N2O/c1-31-15-13-24-44-45(31)51-42-23-12-11-22-39(42)49(4,5)40-27-28-43(47(52-44)46(40)51)50(34-19-14-18-33(29-34)32-16-7-6-8-17-32)35-25-26-37-36-20-9-10-21-38(36)48(2,3)41(37)30-35/h6-30H,1-5H3. The second-order valence-corrected chi connectivity index (χ2v) is 15.5. The molecule has 252 valence electrons. The molecule has 0 N–H and O–H groups in total. The molecule has 52 heavy (non-hydrogen) atoms. The van der Waals surface area contributed by atoms with Gasteiger partial charge in [0.1, 0.15) is 0 Å². The van der Waals surface area contributed by atoms with E-state index in [-0.39, 0.29) is 10.8 Å². The summed E-state index contributed by atoms with van der Waals surface area (Å²) in [5.41, 5.74) is 17.7. The second-order valence-electron chi connectivity index (χ2n) is 15.5. The lowest BCUT2D eigenvalue weighted by atomic mass is 9.73. The molecule has 2 aliphatic heterocycles. The summed E-state index contributed by atoms with van der Waals surface area (Å²) >= 11 is 0. The molecule has 0 saturated heterocycles. The van der Waals surface area contributed by atoms with Gasteiger partial charge in [0.2, 0.25) is 0 Å². The van der Waals surface area contributed by atoms with E-state index < -0.39 is 0 Å². The highest BCUT2D eigenvalue weighted by Crippen LogP contribution is 2.63. The molecule has 3 nitrogen and oxygen atoms in total. The van der Waals surface area contributed by atoms with Crippen molar-refractivity contribution in [2.24, 2.45) is 0 Å². The number of fused-ring (bicyclic) bond motifs is 7. The third-order valence-corrected chi connectivity index (χ3v) is 11.7. The predicted molar refractivity (Wildman–Crippen MR) is 216 cm³/mol. The van der Waals surface area contributed by atoms with Gasteiger partial charge in [-0.3, -0.25) is 0 Å². The molecule has 0 radical (unpaired) electrons. The maximum atomic E-state index is 7.18. The number of hydrogen-bond donors (Lipinski definition) is 0. The Hall–Kier alpha value is -6.06. The van der Waals surface area contributed by atoms with Gasteiger partial charge in [0.05, 0.1) is 22.7 Å². The van der Waals surface area contributed by atoms with Crippen LogP contribution in [0.25, 0.3) is 22.3 Å². The van der Waals surface area contributed by atoms with Gasteiger partial charge in [0.25, 0.3) is 0 Å². The van der Waals surface area contributed by atoms with Crippen LogP contribution in [0.3, 0.4) is 0 Å². The topological polar surface area (TPSA) is 15.7 Å². The monoisotopic (exact) mass is 672 g/mol. The summed E-state index contributed by atoms with van der Waals surface area (Å²) in [5, 5.41) is 0. The van der Waals surface area contributed by atoms with E-state index in [1.165, 1.54) is 55.8 Å². The van der Waals surface area contributed by atoms with Crippen molar-refractivity contribution in [2.75, 3.05) is 9.80 Å². The van der Waals surface area contributed by atoms with E-state index in [0.29, 0.717) is 0 Å². The number of rotatable bonds is 4. The third-order valence-electron chi connectivity index (χ3n) is 11.7. The van der Waals surface area contributed by atoms with E-state index in [1.807, 2.05) is 0 Å². The van der Waals surface area contributed by atoms with Gasteiger partial charge in [-0.25, -0.2) is 0 Å². The maximum Gasteiger partial charge on any atom is 0.175 e. The van der Waals surface area contributed by atoms with Gasteiger partial charge in [-0.15, -0.1) is 0 Å². The molecular formula is C49H40N2O. The molecule has 0 unspecified atom stereocenters. The van der Waals surface area contributed by atoms with Crippen molar-refractivity contribution in [1.82, 2.24) is 0 Å². The maximum absolute atomic E-state index is 7.18. The van der Waals surface area contributed by atoms with Gasteiger partial charge in [-0.1, -0.05) is 137 Å². The number of hydrogen-bond acceptors (Lipinski definition) is 3. The lowest BCUT2D eigenvalue weighted by Crippen LogP contribution is -2.33. The normalized spacial score (nSPS) is 15.1. The lowest BCUT2D eigenvalue weighted by molar-refractivity contribution is 0.472. The number of nitrogens with zero attached hydrogens (tertiary/aromatic N) is 2. The minimum Gasteiger partial charge on any atom is -0.451 e. The summed E-state index contributed by atoms with van der Waals surface area (Å²) in [6.45, 7) is 11.6. The van der Waals surface area contributed by atoms with Gasteiger partial charge in [-0.2, -0.15) is 0 Å². The fourth-order valence-electron chi connectivity index (χ4n) is 9.08. The van der Waals surface area contributed by atoms with Crippen LogP contribution in [0.1, 0.15) is 55.5 Å². The van der Waals surface area contributed by atoms with Crippen LogP contribution < -0.4 is 14.5 Å². The Kier molecular flexibility index (Phi) is 6.48. The zero-order valence-corrected chi connectivity index (χ0v) is 30.2. The number of aryl methyl sites for hydroxylation is 1. The van der Waals surface area contributed by atoms with E-state index in [0.717, 1.165) is 39.9 Å².